The molecule has 386 valence electrons. The monoisotopic (exact) mass is 1080 g/mol. The lowest BCUT2D eigenvalue weighted by Gasteiger charge is -2.34. The summed E-state index contributed by atoms with van der Waals surface area (Å²) in [5.74, 6) is 0.612. The van der Waals surface area contributed by atoms with Crippen molar-refractivity contribution in [1.29, 1.82) is 0 Å². The molecule has 3 aromatic heterocycles. The van der Waals surface area contributed by atoms with Gasteiger partial charge >= 0.3 is 0 Å². The first-order valence-corrected chi connectivity index (χ1v) is 32.1. The lowest BCUT2D eigenvalue weighted by atomic mass is 10.1. The fourth-order valence-corrected chi connectivity index (χ4v) is 22.9. The van der Waals surface area contributed by atoms with Crippen molar-refractivity contribution in [3.05, 3.63) is 328 Å². The molecule has 0 aliphatic carbocycles. The van der Waals surface area contributed by atoms with Crippen LogP contribution in [-0.2, 0) is 0 Å². The van der Waals surface area contributed by atoms with E-state index in [0.29, 0.717) is 5.95 Å². The van der Waals surface area contributed by atoms with Crippen molar-refractivity contribution >= 4 is 101 Å². The maximum atomic E-state index is 5.76. The molecule has 12 aromatic carbocycles. The summed E-state index contributed by atoms with van der Waals surface area (Å²) in [5, 5.41) is 15.2. The molecule has 0 fully saturated rings. The number of benzene rings is 12. The molecule has 0 bridgehead atoms. The number of hydrogen-bond donors (Lipinski definition) is 0. The Morgan fingerprint density at radius 2 is 0.622 bits per heavy atom. The molecule has 6 heteroatoms. The van der Waals surface area contributed by atoms with Gasteiger partial charge in [-0.05, 0) is 77.9 Å². The molecule has 3 heterocycles. The van der Waals surface area contributed by atoms with Gasteiger partial charge in [0, 0.05) is 38.4 Å². The van der Waals surface area contributed by atoms with Crippen LogP contribution in [0.15, 0.2) is 328 Å². The summed E-state index contributed by atoms with van der Waals surface area (Å²) in [4.78, 5) is 11.4. The van der Waals surface area contributed by atoms with Crippen LogP contribution in [0.5, 0.6) is 0 Å². The summed E-state index contributed by atoms with van der Waals surface area (Å²) in [6, 6.07) is 121. The van der Waals surface area contributed by atoms with Gasteiger partial charge in [0.2, 0.25) is 5.95 Å². The number of nitrogens with zero attached hydrogens (tertiary/aromatic N) is 4. The summed E-state index contributed by atoms with van der Waals surface area (Å²) in [6.07, 6.45) is 0. The Hall–Kier alpha value is -10.2. The zero-order chi connectivity index (χ0) is 54.5. The Labute approximate surface area is 479 Å². The van der Waals surface area contributed by atoms with Gasteiger partial charge in [-0.2, -0.15) is 0 Å². The van der Waals surface area contributed by atoms with Crippen LogP contribution < -0.4 is 41.5 Å². The van der Waals surface area contributed by atoms with E-state index in [-0.39, 0.29) is 0 Å². The maximum absolute atomic E-state index is 5.76. The van der Waals surface area contributed by atoms with Crippen molar-refractivity contribution in [2.45, 2.75) is 0 Å². The fraction of sp³-hybridized carbons (Fsp3) is 0. The van der Waals surface area contributed by atoms with Crippen LogP contribution in [0.1, 0.15) is 0 Å². The molecule has 0 saturated carbocycles. The zero-order valence-electron chi connectivity index (χ0n) is 45.0. The summed E-state index contributed by atoms with van der Waals surface area (Å²) in [5.41, 5.74) is 9.21. The molecule has 0 radical (unpaired) electrons. The van der Waals surface area contributed by atoms with E-state index in [1.807, 2.05) is 0 Å². The smallest absolute Gasteiger partial charge is 0.235 e. The van der Waals surface area contributed by atoms with E-state index >= 15 is 0 Å². The van der Waals surface area contributed by atoms with E-state index in [9.17, 15) is 0 Å². The average molecular weight is 1080 g/mol. The highest BCUT2D eigenvalue weighted by Crippen LogP contribution is 2.42. The van der Waals surface area contributed by atoms with Crippen LogP contribution >= 0.6 is 0 Å². The Bertz CT molecular complexity index is 4590. The third kappa shape index (κ3) is 7.86. The van der Waals surface area contributed by atoms with Gasteiger partial charge in [-0.15, -0.1) is 0 Å². The van der Waals surface area contributed by atoms with E-state index in [2.05, 4.69) is 337 Å². The summed E-state index contributed by atoms with van der Waals surface area (Å²) in [7, 11) is -5.74. The molecule has 0 N–H and O–H groups in total. The number of rotatable bonds is 12. The minimum absolute atomic E-state index is 0.612. The topological polar surface area (TPSA) is 35.6 Å². The highest BCUT2D eigenvalue weighted by Gasteiger charge is 2.43. The second-order valence-electron chi connectivity index (χ2n) is 21.2. The second-order valence-corrected chi connectivity index (χ2v) is 28.8. The van der Waals surface area contributed by atoms with Gasteiger partial charge < -0.3 is 4.57 Å². The molecule has 4 nitrogen and oxygen atoms in total. The molecule has 0 atom stereocenters. The average Bonchev–Trinajstić information content (AvgIpc) is 3.79. The highest BCUT2D eigenvalue weighted by atomic mass is 28.3. The first kappa shape index (κ1) is 48.8. The standard InChI is InChI=1S/C76H54N4Si2/c1-8-28-55(29-9-1)69-54-70(56-30-26-44-64(52-56)81(58-32-10-2-11-33-58,59-34-12-3-13-35-59)60-36-14-4-15-37-60)78-76(77-69)80-71-48-24-22-46-66(71)67-50-51-73-74(75(67)80)68-47-23-25-49-72(68)79(73)57-31-27-45-65(53-57)82(61-38-16-5-17-39-61,62-40-18-6-19-41-62)63-42-20-7-21-43-63/h1-54H. The molecule has 15 aromatic rings. The van der Waals surface area contributed by atoms with Crippen LogP contribution in [0, 0.1) is 0 Å². The first-order chi connectivity index (χ1) is 40.7. The van der Waals surface area contributed by atoms with Gasteiger partial charge in [0.1, 0.15) is 0 Å². The quantitative estimate of drug-likeness (QED) is 0.0903. The number of aromatic nitrogens is 4. The summed E-state index contributed by atoms with van der Waals surface area (Å²) >= 11 is 0. The number of fused-ring (bicyclic) bond motifs is 7. The van der Waals surface area contributed by atoms with E-state index in [0.717, 1.165) is 71.8 Å². The molecule has 0 unspecified atom stereocenters. The molecular weight excluding hydrogens is 1030 g/mol. The molecule has 0 saturated heterocycles. The van der Waals surface area contributed by atoms with Crippen LogP contribution in [-0.4, -0.2) is 35.2 Å². The Balaban J connectivity index is 0.985. The van der Waals surface area contributed by atoms with Crippen molar-refractivity contribution in [3.8, 4) is 34.2 Å². The Morgan fingerprint density at radius 3 is 1.12 bits per heavy atom. The SMILES string of the molecule is c1ccc(-c2cc(-c3cccc([Si](c4ccccc4)(c4ccccc4)c4ccccc4)c3)nc(-n3c4ccccc4c4ccc5c(c6ccccc6n5-c5cccc([Si](c6ccccc6)(c6ccccc6)c6ccccc6)c5)c43)n2)cc1. The predicted molar refractivity (Wildman–Crippen MR) is 349 cm³/mol. The lowest BCUT2D eigenvalue weighted by Crippen LogP contribution is -2.74. The van der Waals surface area contributed by atoms with Gasteiger partial charge in [-0.1, -0.05) is 291 Å². The maximum Gasteiger partial charge on any atom is 0.235 e. The lowest BCUT2D eigenvalue weighted by molar-refractivity contribution is 0.998. The summed E-state index contributed by atoms with van der Waals surface area (Å²) in [6.45, 7) is 0. The van der Waals surface area contributed by atoms with Gasteiger partial charge in [0.15, 0.2) is 16.1 Å². The normalized spacial score (nSPS) is 11.9. The molecule has 0 aliphatic heterocycles. The van der Waals surface area contributed by atoms with Crippen molar-refractivity contribution in [2.24, 2.45) is 0 Å². The van der Waals surface area contributed by atoms with E-state index in [4.69, 9.17) is 9.97 Å². The molecule has 15 rings (SSSR count). The number of para-hydroxylation sites is 2. The molecular formula is C76H54N4Si2. The fourth-order valence-electron chi connectivity index (χ4n) is 13.4. The van der Waals surface area contributed by atoms with Crippen LogP contribution in [0.2, 0.25) is 0 Å². The van der Waals surface area contributed by atoms with E-state index in [1.54, 1.807) is 0 Å². The Morgan fingerprint density at radius 1 is 0.244 bits per heavy atom. The van der Waals surface area contributed by atoms with Crippen LogP contribution in [0.3, 0.4) is 0 Å². The van der Waals surface area contributed by atoms with Gasteiger partial charge in [-0.25, -0.2) is 9.97 Å². The third-order valence-corrected chi connectivity index (χ3v) is 26.4. The van der Waals surface area contributed by atoms with E-state index < -0.39 is 16.1 Å². The minimum Gasteiger partial charge on any atom is -0.309 e. The van der Waals surface area contributed by atoms with Gasteiger partial charge in [0.05, 0.1) is 33.5 Å². The highest BCUT2D eigenvalue weighted by molar-refractivity contribution is 7.20. The van der Waals surface area contributed by atoms with E-state index in [1.165, 1.54) is 41.5 Å². The second kappa shape index (κ2) is 20.4. The van der Waals surface area contributed by atoms with Crippen LogP contribution in [0.25, 0.3) is 77.8 Å². The first-order valence-electron chi connectivity index (χ1n) is 28.1. The predicted octanol–water partition coefficient (Wildman–Crippen LogP) is 12.8. The Kier molecular flexibility index (Phi) is 12.2. The van der Waals surface area contributed by atoms with Gasteiger partial charge in [0.25, 0.3) is 0 Å². The molecule has 0 spiro atoms. The van der Waals surface area contributed by atoms with Crippen molar-refractivity contribution in [2.75, 3.05) is 0 Å². The largest absolute Gasteiger partial charge is 0.309 e. The third-order valence-electron chi connectivity index (χ3n) is 16.8. The van der Waals surface area contributed by atoms with Gasteiger partial charge in [-0.3, -0.25) is 4.57 Å². The van der Waals surface area contributed by atoms with Crippen LogP contribution in [0.4, 0.5) is 0 Å². The molecule has 82 heavy (non-hydrogen) atoms. The van der Waals surface area contributed by atoms with Crippen molar-refractivity contribution in [3.63, 3.8) is 0 Å². The molecule has 0 amide bonds. The zero-order valence-corrected chi connectivity index (χ0v) is 47.0. The minimum atomic E-state index is -2.88. The van der Waals surface area contributed by atoms with Crippen molar-refractivity contribution in [1.82, 2.24) is 19.1 Å². The van der Waals surface area contributed by atoms with Crippen molar-refractivity contribution < 1.29 is 0 Å². The summed E-state index contributed by atoms with van der Waals surface area (Å²) < 4.78 is 4.82. The number of hydrogen-bond acceptors (Lipinski definition) is 2. The molecule has 0 aliphatic rings.